The molecule has 1 amide bonds. The van der Waals surface area contributed by atoms with Crippen LogP contribution in [0.3, 0.4) is 0 Å². The third kappa shape index (κ3) is 2.34. The van der Waals surface area contributed by atoms with Gasteiger partial charge in [0.25, 0.3) is 0 Å². The SMILES string of the molecule is COc1ccccc1N(C)C(=O)C(C)C1CNC1. The summed E-state index contributed by atoms with van der Waals surface area (Å²) in [6, 6.07) is 7.59. The molecule has 0 spiro atoms. The minimum atomic E-state index is 0.0427. The standard InChI is InChI=1S/C14H20N2O2/c1-10(11-8-15-9-11)14(17)16(2)12-6-4-5-7-13(12)18-3/h4-7,10-11,15H,8-9H2,1-3H3. The minimum absolute atomic E-state index is 0.0427. The van der Waals surface area contributed by atoms with Gasteiger partial charge in [0.05, 0.1) is 12.8 Å². The molecule has 1 saturated heterocycles. The van der Waals surface area contributed by atoms with Crippen molar-refractivity contribution in [1.82, 2.24) is 5.32 Å². The van der Waals surface area contributed by atoms with Crippen LogP contribution in [0.2, 0.25) is 0 Å². The number of ether oxygens (including phenoxy) is 1. The van der Waals surface area contributed by atoms with Crippen molar-refractivity contribution < 1.29 is 9.53 Å². The zero-order valence-corrected chi connectivity index (χ0v) is 11.1. The molecule has 2 rings (SSSR count). The second-order valence-corrected chi connectivity index (χ2v) is 4.78. The lowest BCUT2D eigenvalue weighted by Gasteiger charge is -2.34. The Bertz CT molecular complexity index is 430. The quantitative estimate of drug-likeness (QED) is 0.878. The average molecular weight is 248 g/mol. The number of anilines is 1. The first-order chi connectivity index (χ1) is 8.65. The molecule has 4 heteroatoms. The number of rotatable bonds is 4. The van der Waals surface area contributed by atoms with E-state index in [0.717, 1.165) is 24.5 Å². The van der Waals surface area contributed by atoms with Gasteiger partial charge >= 0.3 is 0 Å². The maximum Gasteiger partial charge on any atom is 0.230 e. The highest BCUT2D eigenvalue weighted by molar-refractivity contribution is 5.96. The van der Waals surface area contributed by atoms with Crippen LogP contribution in [0.4, 0.5) is 5.69 Å². The van der Waals surface area contributed by atoms with Gasteiger partial charge in [-0.1, -0.05) is 19.1 Å². The molecule has 1 aromatic carbocycles. The Morgan fingerprint density at radius 3 is 2.67 bits per heavy atom. The van der Waals surface area contributed by atoms with Crippen molar-refractivity contribution >= 4 is 11.6 Å². The monoisotopic (exact) mass is 248 g/mol. The molecule has 0 saturated carbocycles. The zero-order valence-electron chi connectivity index (χ0n) is 11.1. The first-order valence-corrected chi connectivity index (χ1v) is 6.26. The molecule has 1 atom stereocenters. The summed E-state index contributed by atoms with van der Waals surface area (Å²) in [4.78, 5) is 14.1. The van der Waals surface area contributed by atoms with Gasteiger partial charge in [0.15, 0.2) is 0 Å². The van der Waals surface area contributed by atoms with Gasteiger partial charge < -0.3 is 15.0 Å². The first-order valence-electron chi connectivity index (χ1n) is 6.26. The van der Waals surface area contributed by atoms with Crippen LogP contribution in [0.15, 0.2) is 24.3 Å². The Morgan fingerprint density at radius 2 is 2.11 bits per heavy atom. The number of benzene rings is 1. The van der Waals surface area contributed by atoms with E-state index in [9.17, 15) is 4.79 Å². The van der Waals surface area contributed by atoms with Gasteiger partial charge in [0.1, 0.15) is 5.75 Å². The van der Waals surface area contributed by atoms with E-state index in [0.29, 0.717) is 5.92 Å². The summed E-state index contributed by atoms with van der Waals surface area (Å²) in [5.41, 5.74) is 0.823. The summed E-state index contributed by atoms with van der Waals surface area (Å²) in [5, 5.41) is 3.20. The van der Waals surface area contributed by atoms with E-state index in [4.69, 9.17) is 4.74 Å². The number of nitrogens with zero attached hydrogens (tertiary/aromatic N) is 1. The van der Waals surface area contributed by atoms with Gasteiger partial charge in [-0.05, 0) is 31.1 Å². The van der Waals surface area contributed by atoms with E-state index in [-0.39, 0.29) is 11.8 Å². The number of carbonyl (C=O) groups is 1. The number of para-hydroxylation sites is 2. The van der Waals surface area contributed by atoms with E-state index in [1.165, 1.54) is 0 Å². The van der Waals surface area contributed by atoms with Crippen LogP contribution in [-0.2, 0) is 4.79 Å². The van der Waals surface area contributed by atoms with E-state index < -0.39 is 0 Å². The topological polar surface area (TPSA) is 41.6 Å². The number of nitrogens with one attached hydrogen (secondary N) is 1. The van der Waals surface area contributed by atoms with Crippen LogP contribution in [0.5, 0.6) is 5.75 Å². The highest BCUT2D eigenvalue weighted by Gasteiger charge is 2.31. The Labute approximate surface area is 108 Å². The molecule has 1 fully saturated rings. The van der Waals surface area contributed by atoms with Crippen molar-refractivity contribution in [2.24, 2.45) is 11.8 Å². The molecular formula is C14H20N2O2. The van der Waals surface area contributed by atoms with Crippen molar-refractivity contribution in [2.75, 3.05) is 32.1 Å². The van der Waals surface area contributed by atoms with Gasteiger partial charge in [-0.3, -0.25) is 4.79 Å². The van der Waals surface area contributed by atoms with Gasteiger partial charge in [-0.2, -0.15) is 0 Å². The molecule has 1 unspecified atom stereocenters. The molecule has 18 heavy (non-hydrogen) atoms. The Hall–Kier alpha value is -1.55. The molecule has 0 aliphatic carbocycles. The third-order valence-corrected chi connectivity index (χ3v) is 3.69. The third-order valence-electron chi connectivity index (χ3n) is 3.69. The van der Waals surface area contributed by atoms with Crippen molar-refractivity contribution in [3.63, 3.8) is 0 Å². The number of hydrogen-bond acceptors (Lipinski definition) is 3. The van der Waals surface area contributed by atoms with Crippen LogP contribution in [0, 0.1) is 11.8 Å². The lowest BCUT2D eigenvalue weighted by atomic mass is 9.88. The largest absolute Gasteiger partial charge is 0.495 e. The summed E-state index contributed by atoms with van der Waals surface area (Å²) in [6.07, 6.45) is 0. The molecule has 1 aliphatic heterocycles. The van der Waals surface area contributed by atoms with Crippen LogP contribution in [-0.4, -0.2) is 33.2 Å². The molecule has 1 aliphatic rings. The Morgan fingerprint density at radius 1 is 1.44 bits per heavy atom. The van der Waals surface area contributed by atoms with Gasteiger partial charge in [0, 0.05) is 13.0 Å². The fourth-order valence-corrected chi connectivity index (χ4v) is 2.20. The summed E-state index contributed by atoms with van der Waals surface area (Å²) in [6.45, 7) is 3.87. The maximum absolute atomic E-state index is 12.4. The predicted molar refractivity (Wildman–Crippen MR) is 71.9 cm³/mol. The van der Waals surface area contributed by atoms with Crippen LogP contribution in [0.1, 0.15) is 6.92 Å². The van der Waals surface area contributed by atoms with Crippen molar-refractivity contribution in [3.8, 4) is 5.75 Å². The summed E-state index contributed by atoms with van der Waals surface area (Å²) < 4.78 is 5.29. The fourth-order valence-electron chi connectivity index (χ4n) is 2.20. The Balaban J connectivity index is 2.14. The predicted octanol–water partition coefficient (Wildman–Crippen LogP) is 1.51. The van der Waals surface area contributed by atoms with Gasteiger partial charge in [-0.25, -0.2) is 0 Å². The maximum atomic E-state index is 12.4. The summed E-state index contributed by atoms with van der Waals surface area (Å²) in [5.74, 6) is 1.37. The molecule has 1 N–H and O–H groups in total. The van der Waals surface area contributed by atoms with Gasteiger partial charge in [0.2, 0.25) is 5.91 Å². The van der Waals surface area contributed by atoms with Crippen LogP contribution >= 0.6 is 0 Å². The highest BCUT2D eigenvalue weighted by atomic mass is 16.5. The lowest BCUT2D eigenvalue weighted by Crippen LogP contribution is -2.50. The van der Waals surface area contributed by atoms with E-state index in [2.05, 4.69) is 5.32 Å². The number of methoxy groups -OCH3 is 1. The smallest absolute Gasteiger partial charge is 0.230 e. The van der Waals surface area contributed by atoms with Crippen molar-refractivity contribution in [1.29, 1.82) is 0 Å². The van der Waals surface area contributed by atoms with Crippen LogP contribution < -0.4 is 15.0 Å². The van der Waals surface area contributed by atoms with E-state index in [1.807, 2.05) is 38.2 Å². The van der Waals surface area contributed by atoms with E-state index >= 15 is 0 Å². The molecule has 0 aromatic heterocycles. The first kappa shape index (κ1) is 12.9. The second-order valence-electron chi connectivity index (χ2n) is 4.78. The highest BCUT2D eigenvalue weighted by Crippen LogP contribution is 2.29. The second kappa shape index (κ2) is 5.40. The number of carbonyl (C=O) groups excluding carboxylic acids is 1. The van der Waals surface area contributed by atoms with Crippen molar-refractivity contribution in [3.05, 3.63) is 24.3 Å². The molecule has 0 bridgehead atoms. The summed E-state index contributed by atoms with van der Waals surface area (Å²) in [7, 11) is 3.43. The molecule has 98 valence electrons. The molecular weight excluding hydrogens is 228 g/mol. The van der Waals surface area contributed by atoms with Gasteiger partial charge in [-0.15, -0.1) is 0 Å². The summed E-state index contributed by atoms with van der Waals surface area (Å²) >= 11 is 0. The number of hydrogen-bond donors (Lipinski definition) is 1. The molecule has 4 nitrogen and oxygen atoms in total. The van der Waals surface area contributed by atoms with Crippen molar-refractivity contribution in [2.45, 2.75) is 6.92 Å². The number of amides is 1. The normalized spacial score (nSPS) is 16.8. The lowest BCUT2D eigenvalue weighted by molar-refractivity contribution is -0.123. The van der Waals surface area contributed by atoms with E-state index in [1.54, 1.807) is 12.0 Å². The zero-order chi connectivity index (χ0) is 13.1. The van der Waals surface area contributed by atoms with Crippen LogP contribution in [0.25, 0.3) is 0 Å². The average Bonchev–Trinajstić information content (AvgIpc) is 2.34. The molecule has 1 aromatic rings. The molecule has 0 radical (unpaired) electrons. The fraction of sp³-hybridized carbons (Fsp3) is 0.500. The Kier molecular flexibility index (Phi) is 3.87. The molecule has 1 heterocycles. The minimum Gasteiger partial charge on any atom is -0.495 e.